The van der Waals surface area contributed by atoms with E-state index in [2.05, 4.69) is 0 Å². The molecule has 0 spiro atoms. The molecule has 0 amide bonds. The lowest BCUT2D eigenvalue weighted by atomic mass is 9.92. The molecule has 8 aromatic carbocycles. The second-order valence-electron chi connectivity index (χ2n) is 24.8. The van der Waals surface area contributed by atoms with Crippen LogP contribution in [0, 0.1) is 0 Å². The van der Waals surface area contributed by atoms with Crippen LogP contribution in [-0.4, -0.2) is 154 Å². The van der Waals surface area contributed by atoms with E-state index in [-0.39, 0.29) is 65.8 Å². The van der Waals surface area contributed by atoms with Crippen molar-refractivity contribution in [2.24, 2.45) is 0 Å². The first kappa shape index (κ1) is 105. The molecule has 0 aromatic heterocycles. The Labute approximate surface area is 672 Å². The molecule has 0 saturated heterocycles. The van der Waals surface area contributed by atoms with Gasteiger partial charge in [0.1, 0.15) is 26.2 Å². The largest absolute Gasteiger partial charge is 0.430 e. The van der Waals surface area contributed by atoms with Gasteiger partial charge in [-0.15, -0.1) is 0 Å². The third-order valence-corrected chi connectivity index (χ3v) is 23.3. The van der Waals surface area contributed by atoms with Gasteiger partial charge < -0.3 is 20.4 Å². The number of halogens is 36. The zero-order valence-electron chi connectivity index (χ0n) is 59.7. The van der Waals surface area contributed by atoms with Crippen molar-refractivity contribution in [3.05, 3.63) is 241 Å². The minimum atomic E-state index is -6.21. The Morgan fingerprint density at radius 1 is 0.185 bits per heavy atom. The van der Waals surface area contributed by atoms with Gasteiger partial charge in [0.15, 0.2) is 0 Å². The molecule has 0 fully saturated rings. The summed E-state index contributed by atoms with van der Waals surface area (Å²) < 4.78 is 567. The van der Waals surface area contributed by atoms with E-state index in [4.69, 9.17) is 0 Å². The average molecular weight is 1930 g/mol. The van der Waals surface area contributed by atoms with Crippen molar-refractivity contribution in [2.45, 2.75) is 116 Å². The molecule has 688 valence electrons. The third-order valence-electron chi connectivity index (χ3n) is 16.2. The zero-order valence-corrected chi connectivity index (χ0v) is 63.0. The van der Waals surface area contributed by atoms with Gasteiger partial charge in [0.05, 0.1) is 42.3 Å². The number of sulfonamides is 4. The number of hydrogen-bond donors (Lipinski definition) is 4. The maximum absolute atomic E-state index is 13.0. The molecule has 0 saturated carbocycles. The average Bonchev–Trinajstić information content (AvgIpc) is 0.752. The van der Waals surface area contributed by atoms with Crippen molar-refractivity contribution < 1.29 is 212 Å². The molecule has 0 aliphatic carbocycles. The number of hydrogen-bond acceptors (Lipinski definition) is 12. The summed E-state index contributed by atoms with van der Waals surface area (Å²) >= 11 is 0. The Balaban J connectivity index is 0.000000294. The SMILES string of the molecule is O=S(=O)(c1ccccc1)N(CC(F)(F)F)c1ccc(C(O)(C(F)(F)F)C(F)(F)F)cc1.O=S(=O)(c1ccccc1)N(CC(F)(F)F)c1ccc(C(O)(C(F)(F)F)C(F)(F)F)cc1.O=S(=O)(c1ccccc1)N(CC(F)(F)F)c1ccc(C(O)(C(F)(F)F)C(F)(F)F)cc1.O=S(=O)(c1ccccc1)N(CC(F)(F)F)c1ccc(C(O)(C(F)(F)F)C(F)(F)F)cc1. The van der Waals surface area contributed by atoms with E-state index in [9.17, 15) is 212 Å². The maximum atomic E-state index is 13.0. The molecule has 0 bridgehead atoms. The first-order chi connectivity index (χ1) is 55.6. The van der Waals surface area contributed by atoms with Crippen LogP contribution in [0.15, 0.2) is 238 Å². The lowest BCUT2D eigenvalue weighted by molar-refractivity contribution is -0.376. The summed E-state index contributed by atoms with van der Waals surface area (Å²) in [6.07, 6.45) is -70.1. The molecule has 0 heterocycles. The number of nitrogens with zero attached hydrogens (tertiary/aromatic N) is 4. The van der Waals surface area contributed by atoms with Gasteiger partial charge in [0.25, 0.3) is 62.5 Å². The zero-order chi connectivity index (χ0) is 95.5. The van der Waals surface area contributed by atoms with Gasteiger partial charge in [-0.25, -0.2) is 33.7 Å². The Hall–Kier alpha value is -9.92. The first-order valence-corrected chi connectivity index (χ1v) is 37.8. The highest BCUT2D eigenvalue weighted by Gasteiger charge is 2.75. The van der Waals surface area contributed by atoms with Gasteiger partial charge >= 0.3 is 74.1 Å². The van der Waals surface area contributed by atoms with E-state index in [1.165, 1.54) is 72.8 Å². The molecule has 0 aliphatic heterocycles. The molecule has 0 radical (unpaired) electrons. The predicted octanol–water partition coefficient (Wildman–Crippen LogP) is 19.0. The fourth-order valence-electron chi connectivity index (χ4n) is 10.2. The van der Waals surface area contributed by atoms with Crippen molar-refractivity contribution in [1.82, 2.24) is 0 Å². The molecule has 56 heteroatoms. The smallest absolute Gasteiger partial charge is 0.369 e. The van der Waals surface area contributed by atoms with Gasteiger partial charge in [-0.2, -0.15) is 158 Å². The quantitative estimate of drug-likeness (QED) is 0.0522. The van der Waals surface area contributed by atoms with Gasteiger partial charge in [0.2, 0.25) is 0 Å². The van der Waals surface area contributed by atoms with E-state index < -0.39 is 227 Å². The van der Waals surface area contributed by atoms with Gasteiger partial charge in [-0.1, -0.05) is 121 Å². The van der Waals surface area contributed by atoms with E-state index in [0.29, 0.717) is 48.5 Å². The lowest BCUT2D eigenvalue weighted by Gasteiger charge is -2.33. The topological polar surface area (TPSA) is 230 Å². The van der Waals surface area contributed by atoms with Gasteiger partial charge in [0, 0.05) is 22.3 Å². The lowest BCUT2D eigenvalue weighted by Crippen LogP contribution is -2.53. The van der Waals surface area contributed by atoms with Crippen LogP contribution in [0.2, 0.25) is 0 Å². The molecule has 0 atom stereocenters. The minimum absolute atomic E-state index is 0.0558. The number of anilines is 4. The van der Waals surface area contributed by atoms with Crippen LogP contribution >= 0.6 is 0 Å². The highest BCUT2D eigenvalue weighted by molar-refractivity contribution is 7.93. The molecule has 0 unspecified atom stereocenters. The monoisotopic (exact) mass is 1920 g/mol. The summed E-state index contributed by atoms with van der Waals surface area (Å²) in [7, 11) is -19.5. The number of aliphatic hydroxyl groups is 4. The first-order valence-electron chi connectivity index (χ1n) is 32.1. The standard InChI is InChI=1S/4C17H12F9NO3S/c4*18-14(19,20)10-27(31(29,30)13-4-2-1-3-5-13)12-8-6-11(7-9-12)15(28,16(21,22)23)17(24,25)26/h4*1-9,28H,10H2. The number of benzene rings is 8. The Kier molecular flexibility index (Phi) is 30.5. The maximum Gasteiger partial charge on any atom is 0.430 e. The molecular formula is C68H48F36N4O12S4. The van der Waals surface area contributed by atoms with Crippen LogP contribution in [0.4, 0.5) is 181 Å². The van der Waals surface area contributed by atoms with Crippen molar-refractivity contribution in [3.8, 4) is 0 Å². The van der Waals surface area contributed by atoms with Crippen LogP contribution in [-0.2, 0) is 62.5 Å². The van der Waals surface area contributed by atoms with Gasteiger partial charge in [-0.3, -0.25) is 17.2 Å². The van der Waals surface area contributed by atoms with E-state index in [1.54, 1.807) is 0 Å². The van der Waals surface area contributed by atoms with E-state index in [0.717, 1.165) is 48.5 Å². The van der Waals surface area contributed by atoms with E-state index >= 15 is 0 Å². The van der Waals surface area contributed by atoms with Crippen molar-refractivity contribution in [2.75, 3.05) is 43.4 Å². The highest BCUT2D eigenvalue weighted by Crippen LogP contribution is 2.55. The highest BCUT2D eigenvalue weighted by atomic mass is 32.2. The number of alkyl halides is 36. The minimum Gasteiger partial charge on any atom is -0.369 e. The van der Waals surface area contributed by atoms with Crippen molar-refractivity contribution in [3.63, 3.8) is 0 Å². The second-order valence-corrected chi connectivity index (χ2v) is 32.2. The molecule has 4 N–H and O–H groups in total. The summed E-state index contributed by atoms with van der Waals surface area (Å²) in [5, 5.41) is 37.4. The molecule has 8 rings (SSSR count). The third kappa shape index (κ3) is 23.6. The molecule has 124 heavy (non-hydrogen) atoms. The Bertz CT molecular complexity index is 4610. The van der Waals surface area contributed by atoms with Crippen LogP contribution in [0.3, 0.4) is 0 Å². The van der Waals surface area contributed by atoms with Crippen LogP contribution < -0.4 is 17.2 Å². The summed E-state index contributed by atoms with van der Waals surface area (Å²) in [5.41, 5.74) is -31.7. The van der Waals surface area contributed by atoms with Gasteiger partial charge in [-0.05, 0) is 97.1 Å². The van der Waals surface area contributed by atoms with E-state index in [1.807, 2.05) is 0 Å². The molecular weight excluding hydrogens is 1880 g/mol. The second kappa shape index (κ2) is 36.2. The van der Waals surface area contributed by atoms with Crippen LogP contribution in [0.5, 0.6) is 0 Å². The summed E-state index contributed by atoms with van der Waals surface area (Å²) in [6, 6.07) is 25.7. The molecule has 16 nitrogen and oxygen atoms in total. The summed E-state index contributed by atoms with van der Waals surface area (Å²) in [4.78, 5) is -2.37. The van der Waals surface area contributed by atoms with Crippen molar-refractivity contribution in [1.29, 1.82) is 0 Å². The van der Waals surface area contributed by atoms with Crippen molar-refractivity contribution >= 4 is 62.8 Å². The normalized spacial score (nSPS) is 13.9. The Morgan fingerprint density at radius 3 is 0.395 bits per heavy atom. The summed E-state index contributed by atoms with van der Waals surface area (Å²) in [5.74, 6) is 0. The fraction of sp³-hybridized carbons (Fsp3) is 0.294. The molecule has 0 aliphatic rings. The molecule has 8 aromatic rings. The fourth-order valence-corrected chi connectivity index (χ4v) is 16.1. The summed E-state index contributed by atoms with van der Waals surface area (Å²) in [6.45, 7) is -8.42. The van der Waals surface area contributed by atoms with Crippen LogP contribution in [0.1, 0.15) is 22.3 Å². The predicted molar refractivity (Wildman–Crippen MR) is 358 cm³/mol. The van der Waals surface area contributed by atoms with Crippen LogP contribution in [0.25, 0.3) is 0 Å². The number of rotatable bonds is 20. The Morgan fingerprint density at radius 2 is 0.298 bits per heavy atom.